The zero-order valence-electron chi connectivity index (χ0n) is 12.5. The summed E-state index contributed by atoms with van der Waals surface area (Å²) in [6.07, 6.45) is 3.67. The second-order valence-corrected chi connectivity index (χ2v) is 4.38. The van der Waals surface area contributed by atoms with Gasteiger partial charge in [-0.05, 0) is 19.4 Å². The van der Waals surface area contributed by atoms with Crippen LogP contribution in [0.25, 0.3) is 0 Å². The molecule has 0 saturated heterocycles. The fraction of sp³-hybridized carbons (Fsp3) is 1.00. The lowest BCUT2D eigenvalue weighted by molar-refractivity contribution is -0.0218. The van der Waals surface area contributed by atoms with Gasteiger partial charge in [-0.25, -0.2) is 0 Å². The Morgan fingerprint density at radius 1 is 1.00 bits per heavy atom. The molecule has 4 nitrogen and oxygen atoms in total. The van der Waals surface area contributed by atoms with Gasteiger partial charge in [-0.15, -0.1) is 0 Å². The van der Waals surface area contributed by atoms with E-state index in [2.05, 4.69) is 26.1 Å². The fourth-order valence-electron chi connectivity index (χ4n) is 2.01. The van der Waals surface area contributed by atoms with Gasteiger partial charge in [0, 0.05) is 13.2 Å². The second kappa shape index (κ2) is 13.3. The third-order valence-corrected chi connectivity index (χ3v) is 2.91. The van der Waals surface area contributed by atoms with E-state index in [-0.39, 0.29) is 6.10 Å². The van der Waals surface area contributed by atoms with Crippen LogP contribution in [0, 0.1) is 0 Å². The van der Waals surface area contributed by atoms with Crippen molar-refractivity contribution in [3.05, 3.63) is 0 Å². The Hall–Kier alpha value is -0.160. The lowest BCUT2D eigenvalue weighted by Gasteiger charge is -2.27. The summed E-state index contributed by atoms with van der Waals surface area (Å²) in [5.74, 6) is 0. The summed E-state index contributed by atoms with van der Waals surface area (Å²) < 4.78 is 16.2. The van der Waals surface area contributed by atoms with Crippen molar-refractivity contribution in [3.8, 4) is 0 Å². The van der Waals surface area contributed by atoms with Crippen molar-refractivity contribution in [2.75, 3.05) is 40.1 Å². The highest BCUT2D eigenvalue weighted by atomic mass is 16.5. The van der Waals surface area contributed by atoms with Crippen LogP contribution in [0.5, 0.6) is 0 Å². The standard InChI is InChI=1S/C14H31NO3/c1-5-8-13(15-7-3)14(6-2)18-12-11-17-10-9-16-4/h13-15H,5-12H2,1-4H3. The maximum atomic E-state index is 5.91. The Morgan fingerprint density at radius 3 is 2.28 bits per heavy atom. The molecule has 0 aliphatic heterocycles. The predicted molar refractivity (Wildman–Crippen MR) is 75.1 cm³/mol. The monoisotopic (exact) mass is 261 g/mol. The molecule has 2 atom stereocenters. The van der Waals surface area contributed by atoms with E-state index in [0.717, 1.165) is 19.4 Å². The molecule has 2 unspecified atom stereocenters. The molecule has 0 spiro atoms. The molecular weight excluding hydrogens is 230 g/mol. The van der Waals surface area contributed by atoms with Gasteiger partial charge >= 0.3 is 0 Å². The minimum absolute atomic E-state index is 0.288. The molecular formula is C14H31NO3. The molecule has 0 aliphatic carbocycles. The Balaban J connectivity index is 3.77. The summed E-state index contributed by atoms with van der Waals surface area (Å²) in [5, 5.41) is 3.51. The van der Waals surface area contributed by atoms with Gasteiger partial charge < -0.3 is 19.5 Å². The largest absolute Gasteiger partial charge is 0.382 e. The lowest BCUT2D eigenvalue weighted by Crippen LogP contribution is -2.41. The van der Waals surface area contributed by atoms with Crippen molar-refractivity contribution in [2.24, 2.45) is 0 Å². The van der Waals surface area contributed by atoms with Crippen LogP contribution < -0.4 is 5.32 Å². The molecule has 0 amide bonds. The van der Waals surface area contributed by atoms with Gasteiger partial charge in [-0.3, -0.25) is 0 Å². The predicted octanol–water partition coefficient (Wildman–Crippen LogP) is 2.22. The normalized spacial score (nSPS) is 14.7. The summed E-state index contributed by atoms with van der Waals surface area (Å²) in [7, 11) is 1.68. The van der Waals surface area contributed by atoms with Crippen LogP contribution in [0.15, 0.2) is 0 Å². The van der Waals surface area contributed by atoms with Crippen LogP contribution >= 0.6 is 0 Å². The third kappa shape index (κ3) is 8.86. The number of likely N-dealkylation sites (N-methyl/N-ethyl adjacent to an activating group) is 1. The molecule has 18 heavy (non-hydrogen) atoms. The highest BCUT2D eigenvalue weighted by Gasteiger charge is 2.18. The minimum atomic E-state index is 0.288. The van der Waals surface area contributed by atoms with E-state index in [1.807, 2.05) is 0 Å². The van der Waals surface area contributed by atoms with E-state index in [0.29, 0.717) is 32.5 Å². The summed E-state index contributed by atoms with van der Waals surface area (Å²) >= 11 is 0. The van der Waals surface area contributed by atoms with Crippen LogP contribution in [0.1, 0.15) is 40.0 Å². The van der Waals surface area contributed by atoms with Crippen LogP contribution in [0.4, 0.5) is 0 Å². The molecule has 0 fully saturated rings. The van der Waals surface area contributed by atoms with Crippen molar-refractivity contribution >= 4 is 0 Å². The number of nitrogens with one attached hydrogen (secondary N) is 1. The smallest absolute Gasteiger partial charge is 0.0726 e. The first-order chi connectivity index (χ1) is 8.79. The average Bonchev–Trinajstić information content (AvgIpc) is 2.38. The van der Waals surface area contributed by atoms with E-state index in [9.17, 15) is 0 Å². The van der Waals surface area contributed by atoms with Crippen molar-refractivity contribution < 1.29 is 14.2 Å². The molecule has 0 aromatic heterocycles. The number of ether oxygens (including phenoxy) is 3. The van der Waals surface area contributed by atoms with Crippen molar-refractivity contribution in [1.29, 1.82) is 0 Å². The average molecular weight is 261 g/mol. The van der Waals surface area contributed by atoms with Gasteiger partial charge in [0.2, 0.25) is 0 Å². The molecule has 0 rings (SSSR count). The Morgan fingerprint density at radius 2 is 1.72 bits per heavy atom. The molecule has 4 heteroatoms. The van der Waals surface area contributed by atoms with Crippen molar-refractivity contribution in [2.45, 2.75) is 52.2 Å². The Labute approximate surface area is 112 Å². The first kappa shape index (κ1) is 17.8. The molecule has 110 valence electrons. The van der Waals surface area contributed by atoms with Gasteiger partial charge in [0.25, 0.3) is 0 Å². The van der Waals surface area contributed by atoms with E-state index in [4.69, 9.17) is 14.2 Å². The lowest BCUT2D eigenvalue weighted by atomic mass is 10.0. The maximum absolute atomic E-state index is 5.91. The highest BCUT2D eigenvalue weighted by molar-refractivity contribution is 4.75. The van der Waals surface area contributed by atoms with E-state index >= 15 is 0 Å². The number of methoxy groups -OCH3 is 1. The van der Waals surface area contributed by atoms with Gasteiger partial charge in [0.15, 0.2) is 0 Å². The summed E-state index contributed by atoms with van der Waals surface area (Å²) in [4.78, 5) is 0. The molecule has 1 N–H and O–H groups in total. The first-order valence-electron chi connectivity index (χ1n) is 7.21. The fourth-order valence-corrected chi connectivity index (χ4v) is 2.01. The van der Waals surface area contributed by atoms with Crippen molar-refractivity contribution in [3.63, 3.8) is 0 Å². The summed E-state index contributed by atoms with van der Waals surface area (Å²) in [6.45, 7) is 10.1. The Bertz CT molecular complexity index is 161. The maximum Gasteiger partial charge on any atom is 0.0726 e. The van der Waals surface area contributed by atoms with Crippen molar-refractivity contribution in [1.82, 2.24) is 5.32 Å². The second-order valence-electron chi connectivity index (χ2n) is 4.38. The van der Waals surface area contributed by atoms with Gasteiger partial charge in [0.1, 0.15) is 0 Å². The topological polar surface area (TPSA) is 39.7 Å². The zero-order valence-corrected chi connectivity index (χ0v) is 12.5. The highest BCUT2D eigenvalue weighted by Crippen LogP contribution is 2.10. The van der Waals surface area contributed by atoms with Gasteiger partial charge in [-0.1, -0.05) is 27.2 Å². The van der Waals surface area contributed by atoms with Crippen LogP contribution in [0.2, 0.25) is 0 Å². The van der Waals surface area contributed by atoms with Crippen LogP contribution in [0.3, 0.4) is 0 Å². The molecule has 0 aromatic carbocycles. The van der Waals surface area contributed by atoms with Gasteiger partial charge in [-0.2, -0.15) is 0 Å². The molecule has 0 aliphatic rings. The molecule has 0 bridgehead atoms. The molecule has 0 heterocycles. The summed E-state index contributed by atoms with van der Waals surface area (Å²) in [5.41, 5.74) is 0. The van der Waals surface area contributed by atoms with E-state index in [1.54, 1.807) is 7.11 Å². The van der Waals surface area contributed by atoms with E-state index in [1.165, 1.54) is 6.42 Å². The van der Waals surface area contributed by atoms with E-state index < -0.39 is 0 Å². The third-order valence-electron chi connectivity index (χ3n) is 2.91. The number of hydrogen-bond acceptors (Lipinski definition) is 4. The summed E-state index contributed by atoms with van der Waals surface area (Å²) in [6, 6.07) is 0.462. The molecule has 0 radical (unpaired) electrons. The minimum Gasteiger partial charge on any atom is -0.382 e. The number of rotatable bonds is 13. The zero-order chi connectivity index (χ0) is 13.6. The van der Waals surface area contributed by atoms with Crippen LogP contribution in [-0.2, 0) is 14.2 Å². The van der Waals surface area contributed by atoms with Gasteiger partial charge in [0.05, 0.1) is 32.5 Å². The quantitative estimate of drug-likeness (QED) is 0.516. The molecule has 0 saturated carbocycles. The SMILES string of the molecule is CCCC(NCC)C(CC)OCCOCCOC. The first-order valence-corrected chi connectivity index (χ1v) is 7.21. The Kier molecular flexibility index (Phi) is 13.2. The van der Waals surface area contributed by atoms with Crippen LogP contribution in [-0.4, -0.2) is 52.2 Å². The number of hydrogen-bond donors (Lipinski definition) is 1. The molecule has 0 aromatic rings.